The van der Waals surface area contributed by atoms with E-state index >= 15 is 0 Å². The summed E-state index contributed by atoms with van der Waals surface area (Å²) in [6.07, 6.45) is 2.06. The molecule has 0 radical (unpaired) electrons. The van der Waals surface area contributed by atoms with Crippen molar-refractivity contribution in [2.24, 2.45) is 5.14 Å². The summed E-state index contributed by atoms with van der Waals surface area (Å²) in [5.74, 6) is 0.987. The zero-order chi connectivity index (χ0) is 24.5. The van der Waals surface area contributed by atoms with Crippen LogP contribution in [0, 0.1) is 13.8 Å². The Morgan fingerprint density at radius 1 is 1.03 bits per heavy atom. The van der Waals surface area contributed by atoms with Crippen LogP contribution in [0.15, 0.2) is 41.3 Å². The van der Waals surface area contributed by atoms with Crippen molar-refractivity contribution in [2.45, 2.75) is 51.6 Å². The van der Waals surface area contributed by atoms with Gasteiger partial charge in [-0.2, -0.15) is 0 Å². The third-order valence-corrected chi connectivity index (χ3v) is 7.27. The number of primary sulfonamides is 1. The molecule has 1 aromatic heterocycles. The highest BCUT2D eigenvalue weighted by Crippen LogP contribution is 2.22. The predicted molar refractivity (Wildman–Crippen MR) is 133 cm³/mol. The van der Waals surface area contributed by atoms with Crippen molar-refractivity contribution in [3.8, 4) is 0 Å². The first kappa shape index (κ1) is 24.4. The molecule has 1 amide bonds. The smallest absolute Gasteiger partial charge is 0.253 e. The second-order valence-electron chi connectivity index (χ2n) is 9.17. The van der Waals surface area contributed by atoms with E-state index in [0.717, 1.165) is 60.5 Å². The monoisotopic (exact) mass is 483 g/mol. The van der Waals surface area contributed by atoms with E-state index in [1.807, 2.05) is 30.9 Å². The molecule has 0 aliphatic carbocycles. The lowest BCUT2D eigenvalue weighted by Crippen LogP contribution is -2.48. The number of piperazine rings is 1. The Morgan fingerprint density at radius 3 is 2.32 bits per heavy atom. The molecule has 1 saturated heterocycles. The second kappa shape index (κ2) is 9.85. The number of sulfonamides is 1. The molecule has 8 nitrogen and oxygen atoms in total. The maximum Gasteiger partial charge on any atom is 0.253 e. The van der Waals surface area contributed by atoms with Crippen molar-refractivity contribution in [2.75, 3.05) is 26.2 Å². The van der Waals surface area contributed by atoms with Crippen LogP contribution in [0.5, 0.6) is 0 Å². The Hall–Kier alpha value is -2.75. The Labute approximate surface area is 201 Å². The van der Waals surface area contributed by atoms with Crippen LogP contribution in [0.25, 0.3) is 11.0 Å². The average molecular weight is 484 g/mol. The molecular weight excluding hydrogens is 450 g/mol. The van der Waals surface area contributed by atoms with E-state index in [4.69, 9.17) is 10.1 Å². The van der Waals surface area contributed by atoms with Gasteiger partial charge in [0.05, 0.1) is 22.5 Å². The lowest BCUT2D eigenvalue weighted by molar-refractivity contribution is 0.0624. The molecule has 0 saturated carbocycles. The lowest BCUT2D eigenvalue weighted by atomic mass is 10.1. The first-order chi connectivity index (χ1) is 16.2. The van der Waals surface area contributed by atoms with E-state index in [1.165, 1.54) is 0 Å². The van der Waals surface area contributed by atoms with Gasteiger partial charge in [-0.15, -0.1) is 0 Å². The van der Waals surface area contributed by atoms with E-state index in [-0.39, 0.29) is 10.8 Å². The van der Waals surface area contributed by atoms with Crippen molar-refractivity contribution in [1.29, 1.82) is 0 Å². The van der Waals surface area contributed by atoms with Crippen molar-refractivity contribution < 1.29 is 13.2 Å². The number of aryl methyl sites for hydroxylation is 3. The predicted octanol–water partition coefficient (Wildman–Crippen LogP) is 3.06. The number of benzene rings is 2. The molecule has 2 aromatic carbocycles. The first-order valence-electron chi connectivity index (χ1n) is 11.8. The van der Waals surface area contributed by atoms with Gasteiger partial charge in [0.25, 0.3) is 5.91 Å². The lowest BCUT2D eigenvalue weighted by Gasteiger charge is -2.34. The fraction of sp³-hybridized carbons (Fsp3) is 0.440. The molecule has 0 spiro atoms. The Kier molecular flexibility index (Phi) is 7.06. The number of nitrogens with two attached hydrogens (primary N) is 1. The van der Waals surface area contributed by atoms with Crippen LogP contribution in [0.1, 0.15) is 47.1 Å². The highest BCUT2D eigenvalue weighted by molar-refractivity contribution is 7.89. The first-order valence-corrected chi connectivity index (χ1v) is 13.3. The number of nitrogens with zero attached hydrogens (tertiary/aromatic N) is 4. The minimum Gasteiger partial charge on any atom is -0.336 e. The summed E-state index contributed by atoms with van der Waals surface area (Å²) in [5, 5.41) is 5.32. The van der Waals surface area contributed by atoms with Gasteiger partial charge < -0.3 is 9.47 Å². The molecule has 2 N–H and O–H groups in total. The van der Waals surface area contributed by atoms with Crippen molar-refractivity contribution in [3.63, 3.8) is 0 Å². The molecule has 9 heteroatoms. The van der Waals surface area contributed by atoms with Crippen molar-refractivity contribution in [3.05, 3.63) is 58.9 Å². The Morgan fingerprint density at radius 2 is 1.71 bits per heavy atom. The fourth-order valence-corrected chi connectivity index (χ4v) is 5.15. The summed E-state index contributed by atoms with van der Waals surface area (Å²) >= 11 is 0. The Balaban J connectivity index is 1.49. The van der Waals surface area contributed by atoms with Gasteiger partial charge in [-0.1, -0.05) is 30.5 Å². The van der Waals surface area contributed by atoms with Crippen LogP contribution >= 0.6 is 0 Å². The van der Waals surface area contributed by atoms with Gasteiger partial charge in [0.15, 0.2) is 0 Å². The molecule has 1 fully saturated rings. The highest BCUT2D eigenvalue weighted by Gasteiger charge is 2.24. The number of carbonyl (C=O) groups excluding carboxylic acids is 1. The van der Waals surface area contributed by atoms with Crippen molar-refractivity contribution >= 4 is 27.0 Å². The maximum atomic E-state index is 13.0. The highest BCUT2D eigenvalue weighted by atomic mass is 32.2. The summed E-state index contributed by atoms with van der Waals surface area (Å²) in [7, 11) is -3.78. The van der Waals surface area contributed by atoms with Gasteiger partial charge in [0.1, 0.15) is 5.82 Å². The minimum absolute atomic E-state index is 0.0743. The van der Waals surface area contributed by atoms with Gasteiger partial charge in [-0.05, 0) is 50.6 Å². The normalized spacial score (nSPS) is 15.2. The van der Waals surface area contributed by atoms with Crippen LogP contribution < -0.4 is 5.14 Å². The van der Waals surface area contributed by atoms with E-state index in [9.17, 15) is 13.2 Å². The quantitative estimate of drug-likeness (QED) is 0.557. The number of carbonyl (C=O) groups is 1. The minimum atomic E-state index is -3.78. The standard InChI is InChI=1S/C25H33N5O3S/c1-4-5-8-30-23-7-6-21(34(26,32)33)16-22(23)27-24(30)17-28-9-11-29(12-10-28)25(31)20-14-18(2)13-19(3)15-20/h6-7,13-16H,4-5,8-12,17H2,1-3H3,(H2,26,32,33). The van der Waals surface area contributed by atoms with E-state index in [1.54, 1.807) is 18.2 Å². The van der Waals surface area contributed by atoms with Gasteiger partial charge in [-0.3, -0.25) is 9.69 Å². The largest absolute Gasteiger partial charge is 0.336 e. The number of amides is 1. The number of rotatable bonds is 7. The molecule has 3 aromatic rings. The SMILES string of the molecule is CCCCn1c(CN2CCN(C(=O)c3cc(C)cc(C)c3)CC2)nc2cc(S(N)(=O)=O)ccc21. The molecule has 4 rings (SSSR count). The van der Waals surface area contributed by atoms with Gasteiger partial charge in [0, 0.05) is 38.3 Å². The Bertz CT molecular complexity index is 1290. The number of hydrogen-bond donors (Lipinski definition) is 1. The molecule has 0 atom stereocenters. The number of unbranched alkanes of at least 4 members (excludes halogenated alkanes) is 1. The fourth-order valence-electron chi connectivity index (χ4n) is 4.61. The van der Waals surface area contributed by atoms with Gasteiger partial charge in [-0.25, -0.2) is 18.5 Å². The molecular formula is C25H33N5O3S. The van der Waals surface area contributed by atoms with Crippen molar-refractivity contribution in [1.82, 2.24) is 19.4 Å². The topological polar surface area (TPSA) is 102 Å². The third-order valence-electron chi connectivity index (χ3n) is 6.36. The number of imidazole rings is 1. The summed E-state index contributed by atoms with van der Waals surface area (Å²) in [6.45, 7) is 10.5. The molecule has 34 heavy (non-hydrogen) atoms. The maximum absolute atomic E-state index is 13.0. The van der Waals surface area contributed by atoms with Crippen LogP contribution in [-0.2, 0) is 23.1 Å². The molecule has 1 aliphatic heterocycles. The molecule has 2 heterocycles. The van der Waals surface area contributed by atoms with Crippen LogP contribution in [0.2, 0.25) is 0 Å². The second-order valence-corrected chi connectivity index (χ2v) is 10.7. The summed E-state index contributed by atoms with van der Waals surface area (Å²) in [4.78, 5) is 22.1. The number of hydrogen-bond acceptors (Lipinski definition) is 5. The number of fused-ring (bicyclic) bond motifs is 1. The summed E-state index contributed by atoms with van der Waals surface area (Å²) in [6, 6.07) is 10.9. The van der Waals surface area contributed by atoms with E-state index in [0.29, 0.717) is 25.2 Å². The van der Waals surface area contributed by atoms with Gasteiger partial charge in [0.2, 0.25) is 10.0 Å². The zero-order valence-electron chi connectivity index (χ0n) is 20.1. The van der Waals surface area contributed by atoms with Crippen LogP contribution in [0.4, 0.5) is 0 Å². The molecule has 182 valence electrons. The molecule has 0 unspecified atom stereocenters. The summed E-state index contributed by atoms with van der Waals surface area (Å²) < 4.78 is 25.8. The number of aromatic nitrogens is 2. The third kappa shape index (κ3) is 5.32. The van der Waals surface area contributed by atoms with E-state index < -0.39 is 10.0 Å². The van der Waals surface area contributed by atoms with Gasteiger partial charge >= 0.3 is 0 Å². The molecule has 1 aliphatic rings. The average Bonchev–Trinajstić information content (AvgIpc) is 3.12. The van der Waals surface area contributed by atoms with Crippen LogP contribution in [0.3, 0.4) is 0 Å². The van der Waals surface area contributed by atoms with E-state index in [2.05, 4.69) is 22.5 Å². The van der Waals surface area contributed by atoms with Crippen LogP contribution in [-0.4, -0.2) is 59.9 Å². The zero-order valence-corrected chi connectivity index (χ0v) is 20.9. The summed E-state index contributed by atoms with van der Waals surface area (Å²) in [5.41, 5.74) is 4.50. The molecule has 0 bridgehead atoms.